The van der Waals surface area contributed by atoms with Crippen molar-refractivity contribution in [2.75, 3.05) is 20.8 Å². The molecule has 3 rings (SSSR count). The first-order valence-electron chi connectivity index (χ1n) is 8.69. The van der Waals surface area contributed by atoms with E-state index in [1.807, 2.05) is 55.5 Å². The topological polar surface area (TPSA) is 71.6 Å². The lowest BCUT2D eigenvalue weighted by Gasteiger charge is -2.22. The summed E-state index contributed by atoms with van der Waals surface area (Å²) in [5.74, 6) is 1.25. The van der Waals surface area contributed by atoms with Crippen molar-refractivity contribution in [1.29, 1.82) is 0 Å². The van der Waals surface area contributed by atoms with Gasteiger partial charge in [0.2, 0.25) is 5.91 Å². The van der Waals surface area contributed by atoms with Crippen molar-refractivity contribution < 1.29 is 14.3 Å². The summed E-state index contributed by atoms with van der Waals surface area (Å²) in [6.45, 7) is 2.52. The van der Waals surface area contributed by atoms with E-state index < -0.39 is 0 Å². The molecule has 0 bridgehead atoms. The average Bonchev–Trinajstić information content (AvgIpc) is 3.18. The Morgan fingerprint density at radius 2 is 1.92 bits per heavy atom. The molecule has 0 spiro atoms. The maximum Gasteiger partial charge on any atom is 0.226 e. The molecule has 3 atom stereocenters. The zero-order valence-electron chi connectivity index (χ0n) is 15.3. The van der Waals surface area contributed by atoms with Crippen LogP contribution in [0.25, 0.3) is 0 Å². The molecular weight excluding hydrogens is 330 g/mol. The largest absolute Gasteiger partial charge is 0.497 e. The Morgan fingerprint density at radius 3 is 2.62 bits per heavy atom. The molecule has 1 aliphatic rings. The van der Waals surface area contributed by atoms with Crippen molar-refractivity contribution in [2.24, 2.45) is 5.92 Å². The Kier molecular flexibility index (Phi) is 5.75. The number of hydrogen-bond donors (Lipinski definition) is 3. The number of ether oxygens (including phenoxy) is 2. The summed E-state index contributed by atoms with van der Waals surface area (Å²) < 4.78 is 10.7. The lowest BCUT2D eigenvalue weighted by Crippen LogP contribution is -2.36. The van der Waals surface area contributed by atoms with Gasteiger partial charge in [0, 0.05) is 12.1 Å². The van der Waals surface area contributed by atoms with Crippen LogP contribution in [0.4, 0.5) is 0 Å². The number of carbonyl (C=O) groups excluding carboxylic acids is 1. The summed E-state index contributed by atoms with van der Waals surface area (Å²) in [5.41, 5.74) is 8.27. The lowest BCUT2D eigenvalue weighted by molar-refractivity contribution is -0.125. The Balaban J connectivity index is 1.75. The molecule has 3 N–H and O–H groups in total. The Bertz CT molecular complexity index is 751. The van der Waals surface area contributed by atoms with E-state index in [9.17, 15) is 4.79 Å². The highest BCUT2D eigenvalue weighted by atomic mass is 16.5. The van der Waals surface area contributed by atoms with Gasteiger partial charge in [0.1, 0.15) is 11.5 Å². The molecule has 138 valence electrons. The zero-order valence-corrected chi connectivity index (χ0v) is 15.3. The van der Waals surface area contributed by atoms with Crippen molar-refractivity contribution in [3.63, 3.8) is 0 Å². The standard InChI is InChI=1S/C20H25N3O3/c1-13(16-11-15(25-2)9-10-18(16)26-3)22-20(24)17-12-21-23-19(17)14-7-5-4-6-8-14/h4-11,13,17,19,21,23H,12H2,1-3H3,(H,22,24). The van der Waals surface area contributed by atoms with E-state index in [4.69, 9.17) is 9.47 Å². The number of amides is 1. The molecule has 0 saturated carbocycles. The second-order valence-corrected chi connectivity index (χ2v) is 6.36. The van der Waals surface area contributed by atoms with Crippen molar-refractivity contribution >= 4 is 5.91 Å². The third-order valence-electron chi connectivity index (χ3n) is 4.74. The van der Waals surface area contributed by atoms with Gasteiger partial charge in [0.05, 0.1) is 32.2 Å². The number of hydrazine groups is 1. The SMILES string of the molecule is COc1ccc(OC)c(C(C)NC(=O)C2CNNC2c2ccccc2)c1. The molecule has 2 aromatic carbocycles. The van der Waals surface area contributed by atoms with Crippen molar-refractivity contribution in [2.45, 2.75) is 19.0 Å². The normalized spacial score (nSPS) is 20.4. The van der Waals surface area contributed by atoms with Gasteiger partial charge >= 0.3 is 0 Å². The molecule has 0 radical (unpaired) electrons. The van der Waals surface area contributed by atoms with Gasteiger partial charge in [-0.25, -0.2) is 5.43 Å². The number of hydrogen-bond acceptors (Lipinski definition) is 5. The summed E-state index contributed by atoms with van der Waals surface area (Å²) in [6, 6.07) is 15.3. The summed E-state index contributed by atoms with van der Waals surface area (Å²) >= 11 is 0. The zero-order chi connectivity index (χ0) is 18.5. The molecule has 1 amide bonds. The van der Waals surface area contributed by atoms with Gasteiger partial charge in [-0.05, 0) is 30.7 Å². The van der Waals surface area contributed by atoms with Crippen LogP contribution in [-0.4, -0.2) is 26.7 Å². The van der Waals surface area contributed by atoms with E-state index in [1.54, 1.807) is 14.2 Å². The smallest absolute Gasteiger partial charge is 0.226 e. The van der Waals surface area contributed by atoms with Crippen LogP contribution in [0.5, 0.6) is 11.5 Å². The fourth-order valence-corrected chi connectivity index (χ4v) is 3.29. The monoisotopic (exact) mass is 355 g/mol. The number of nitrogens with one attached hydrogen (secondary N) is 3. The number of rotatable bonds is 6. The van der Waals surface area contributed by atoms with E-state index in [0.29, 0.717) is 6.54 Å². The predicted molar refractivity (Wildman–Crippen MR) is 99.9 cm³/mol. The van der Waals surface area contributed by atoms with Gasteiger partial charge in [-0.3, -0.25) is 10.2 Å². The van der Waals surface area contributed by atoms with Gasteiger partial charge < -0.3 is 14.8 Å². The van der Waals surface area contributed by atoms with E-state index in [1.165, 1.54) is 0 Å². The molecule has 1 heterocycles. The molecule has 0 aromatic heterocycles. The Hall–Kier alpha value is -2.57. The summed E-state index contributed by atoms with van der Waals surface area (Å²) in [6.07, 6.45) is 0. The highest BCUT2D eigenvalue weighted by Gasteiger charge is 2.34. The number of methoxy groups -OCH3 is 2. The van der Waals surface area contributed by atoms with Crippen LogP contribution in [0.1, 0.15) is 30.1 Å². The van der Waals surface area contributed by atoms with Crippen molar-refractivity contribution in [3.05, 3.63) is 59.7 Å². The third-order valence-corrected chi connectivity index (χ3v) is 4.74. The molecule has 1 aliphatic heterocycles. The van der Waals surface area contributed by atoms with Crippen LogP contribution in [0.3, 0.4) is 0 Å². The summed E-state index contributed by atoms with van der Waals surface area (Å²) in [5, 5.41) is 3.11. The van der Waals surface area contributed by atoms with E-state index in [2.05, 4.69) is 16.2 Å². The maximum absolute atomic E-state index is 12.9. The van der Waals surface area contributed by atoms with Crippen LogP contribution in [-0.2, 0) is 4.79 Å². The minimum atomic E-state index is -0.204. The van der Waals surface area contributed by atoms with Crippen LogP contribution in [0, 0.1) is 5.92 Å². The van der Waals surface area contributed by atoms with Crippen LogP contribution >= 0.6 is 0 Å². The Morgan fingerprint density at radius 1 is 1.15 bits per heavy atom. The minimum Gasteiger partial charge on any atom is -0.497 e. The second kappa shape index (κ2) is 8.21. The summed E-state index contributed by atoms with van der Waals surface area (Å²) in [4.78, 5) is 12.9. The van der Waals surface area contributed by atoms with Crippen LogP contribution in [0.2, 0.25) is 0 Å². The van der Waals surface area contributed by atoms with Crippen molar-refractivity contribution in [3.8, 4) is 11.5 Å². The first-order valence-corrected chi connectivity index (χ1v) is 8.69. The Labute approximate surface area is 153 Å². The first-order chi connectivity index (χ1) is 12.6. The summed E-state index contributed by atoms with van der Waals surface area (Å²) in [7, 11) is 3.24. The first kappa shape index (κ1) is 18.2. The third kappa shape index (κ3) is 3.81. The highest BCUT2D eigenvalue weighted by Crippen LogP contribution is 2.30. The van der Waals surface area contributed by atoms with E-state index in [0.717, 1.165) is 22.6 Å². The fraction of sp³-hybridized carbons (Fsp3) is 0.350. The van der Waals surface area contributed by atoms with Gasteiger partial charge in [-0.1, -0.05) is 30.3 Å². The minimum absolute atomic E-state index is 0.00581. The fourth-order valence-electron chi connectivity index (χ4n) is 3.29. The van der Waals surface area contributed by atoms with Gasteiger partial charge in [-0.2, -0.15) is 0 Å². The quantitative estimate of drug-likeness (QED) is 0.742. The van der Waals surface area contributed by atoms with Crippen LogP contribution in [0.15, 0.2) is 48.5 Å². The van der Waals surface area contributed by atoms with E-state index in [-0.39, 0.29) is 23.9 Å². The lowest BCUT2D eigenvalue weighted by atomic mass is 9.93. The molecule has 1 saturated heterocycles. The average molecular weight is 355 g/mol. The van der Waals surface area contributed by atoms with Gasteiger partial charge in [0.25, 0.3) is 0 Å². The molecule has 1 fully saturated rings. The van der Waals surface area contributed by atoms with E-state index >= 15 is 0 Å². The van der Waals surface area contributed by atoms with Gasteiger partial charge in [-0.15, -0.1) is 0 Å². The molecular formula is C20H25N3O3. The second-order valence-electron chi connectivity index (χ2n) is 6.36. The maximum atomic E-state index is 12.9. The number of carbonyl (C=O) groups is 1. The molecule has 3 unspecified atom stereocenters. The molecule has 0 aliphatic carbocycles. The molecule has 6 heteroatoms. The molecule has 6 nitrogen and oxygen atoms in total. The van der Waals surface area contributed by atoms with Crippen LogP contribution < -0.4 is 25.6 Å². The highest BCUT2D eigenvalue weighted by molar-refractivity contribution is 5.80. The molecule has 2 aromatic rings. The van der Waals surface area contributed by atoms with Crippen molar-refractivity contribution in [1.82, 2.24) is 16.2 Å². The number of benzene rings is 2. The molecule has 26 heavy (non-hydrogen) atoms. The van der Waals surface area contributed by atoms with Gasteiger partial charge in [0.15, 0.2) is 0 Å². The predicted octanol–water partition coefficient (Wildman–Crippen LogP) is 2.35.